The van der Waals surface area contributed by atoms with Gasteiger partial charge in [-0.05, 0) is 74.3 Å². The predicted octanol–water partition coefficient (Wildman–Crippen LogP) is 5.32. The molecule has 5 rings (SSSR count). The monoisotopic (exact) mass is 524 g/mol. The molecule has 3 N–H and O–H groups in total. The van der Waals surface area contributed by atoms with Crippen molar-refractivity contribution in [2.45, 2.75) is 57.4 Å². The van der Waals surface area contributed by atoms with Crippen molar-refractivity contribution < 1.29 is 9.59 Å². The standard InChI is InChI=1S/C31H36N6O2/c1-36-20-25(19-33-36)23-7-5-8-24(18-23)30(39)35-31-34-27(21-37(31)28-10-3-2-4-11-28)9-6-12-29(38)17-22-13-15-26(32)16-14-22/h2-5,7-8,10-11,18-22,26H,6,9,12-17,32H2,1H3,(H,34,35,39). The van der Waals surface area contributed by atoms with Gasteiger partial charge in [0.05, 0.1) is 11.9 Å². The van der Waals surface area contributed by atoms with Gasteiger partial charge in [-0.1, -0.05) is 30.3 Å². The third-order valence-corrected chi connectivity index (χ3v) is 7.47. The summed E-state index contributed by atoms with van der Waals surface area (Å²) in [5, 5.41) is 7.23. The Morgan fingerprint density at radius 1 is 1.00 bits per heavy atom. The molecule has 1 aliphatic rings. The number of imidazole rings is 1. The molecule has 0 spiro atoms. The number of amides is 1. The maximum Gasteiger partial charge on any atom is 0.258 e. The van der Waals surface area contributed by atoms with Crippen molar-refractivity contribution >= 4 is 17.6 Å². The van der Waals surface area contributed by atoms with E-state index in [-0.39, 0.29) is 5.91 Å². The summed E-state index contributed by atoms with van der Waals surface area (Å²) >= 11 is 0. The minimum atomic E-state index is -0.238. The summed E-state index contributed by atoms with van der Waals surface area (Å²) in [6.07, 6.45) is 12.4. The van der Waals surface area contributed by atoms with Crippen LogP contribution in [0.1, 0.15) is 61.0 Å². The summed E-state index contributed by atoms with van der Waals surface area (Å²) in [5.41, 5.74) is 10.2. The van der Waals surface area contributed by atoms with E-state index in [9.17, 15) is 9.59 Å². The quantitative estimate of drug-likeness (QED) is 0.292. The van der Waals surface area contributed by atoms with Crippen molar-refractivity contribution in [3.05, 3.63) is 84.4 Å². The van der Waals surface area contributed by atoms with Crippen LogP contribution in [-0.4, -0.2) is 37.1 Å². The van der Waals surface area contributed by atoms with Crippen LogP contribution >= 0.6 is 0 Å². The van der Waals surface area contributed by atoms with Crippen LogP contribution in [0.2, 0.25) is 0 Å². The van der Waals surface area contributed by atoms with E-state index in [1.165, 1.54) is 0 Å². The molecule has 0 saturated heterocycles. The van der Waals surface area contributed by atoms with E-state index in [4.69, 9.17) is 10.7 Å². The Labute approximate surface area is 229 Å². The van der Waals surface area contributed by atoms with Gasteiger partial charge in [-0.3, -0.25) is 24.2 Å². The van der Waals surface area contributed by atoms with Gasteiger partial charge in [0.1, 0.15) is 5.78 Å². The van der Waals surface area contributed by atoms with Crippen LogP contribution < -0.4 is 11.1 Å². The largest absolute Gasteiger partial charge is 0.328 e. The number of benzene rings is 2. The van der Waals surface area contributed by atoms with Crippen molar-refractivity contribution in [3.8, 4) is 16.8 Å². The number of para-hydroxylation sites is 1. The maximum atomic E-state index is 13.3. The normalized spacial score (nSPS) is 17.2. The smallest absolute Gasteiger partial charge is 0.258 e. The van der Waals surface area contributed by atoms with Gasteiger partial charge in [0.15, 0.2) is 0 Å². The number of carbonyl (C=O) groups excluding carboxylic acids is 2. The van der Waals surface area contributed by atoms with E-state index in [1.54, 1.807) is 16.9 Å². The molecule has 1 saturated carbocycles. The molecular formula is C31H36N6O2. The van der Waals surface area contributed by atoms with Crippen LogP contribution in [0.5, 0.6) is 0 Å². The molecule has 0 unspecified atom stereocenters. The van der Waals surface area contributed by atoms with Crippen LogP contribution in [0.4, 0.5) is 5.95 Å². The molecule has 0 atom stereocenters. The Kier molecular flexibility index (Phi) is 8.32. The summed E-state index contributed by atoms with van der Waals surface area (Å²) in [7, 11) is 1.87. The lowest BCUT2D eigenvalue weighted by Gasteiger charge is -2.25. The first-order valence-electron chi connectivity index (χ1n) is 13.8. The van der Waals surface area contributed by atoms with Crippen molar-refractivity contribution in [2.24, 2.45) is 18.7 Å². The number of hydrogen-bond acceptors (Lipinski definition) is 5. The van der Waals surface area contributed by atoms with Gasteiger partial charge in [-0.15, -0.1) is 0 Å². The number of anilines is 1. The van der Waals surface area contributed by atoms with Gasteiger partial charge < -0.3 is 5.73 Å². The van der Waals surface area contributed by atoms with Crippen LogP contribution in [-0.2, 0) is 18.3 Å². The Morgan fingerprint density at radius 2 is 1.79 bits per heavy atom. The molecule has 1 aliphatic carbocycles. The van der Waals surface area contributed by atoms with E-state index in [0.717, 1.165) is 54.6 Å². The van der Waals surface area contributed by atoms with Crippen LogP contribution in [0.3, 0.4) is 0 Å². The lowest BCUT2D eigenvalue weighted by atomic mass is 9.83. The third kappa shape index (κ3) is 6.89. The third-order valence-electron chi connectivity index (χ3n) is 7.47. The highest BCUT2D eigenvalue weighted by molar-refractivity contribution is 6.04. The fourth-order valence-electron chi connectivity index (χ4n) is 5.29. The number of ketones is 1. The second kappa shape index (κ2) is 12.2. The van der Waals surface area contributed by atoms with Crippen molar-refractivity contribution in [3.63, 3.8) is 0 Å². The molecule has 0 radical (unpaired) electrons. The fraction of sp³-hybridized carbons (Fsp3) is 0.355. The van der Waals surface area contributed by atoms with Crippen LogP contribution in [0.15, 0.2) is 73.2 Å². The van der Waals surface area contributed by atoms with Crippen molar-refractivity contribution in [1.29, 1.82) is 0 Å². The molecule has 2 heterocycles. The Balaban J connectivity index is 1.26. The zero-order valence-electron chi connectivity index (χ0n) is 22.4. The van der Waals surface area contributed by atoms with Gasteiger partial charge >= 0.3 is 0 Å². The van der Waals surface area contributed by atoms with E-state index in [1.807, 2.05) is 72.5 Å². The zero-order valence-corrected chi connectivity index (χ0v) is 22.4. The molecule has 4 aromatic rings. The highest BCUT2D eigenvalue weighted by Gasteiger charge is 2.21. The summed E-state index contributed by atoms with van der Waals surface area (Å²) in [6.45, 7) is 0. The highest BCUT2D eigenvalue weighted by atomic mass is 16.1. The number of nitrogens with zero attached hydrogens (tertiary/aromatic N) is 4. The molecule has 8 nitrogen and oxygen atoms in total. The van der Waals surface area contributed by atoms with Crippen LogP contribution in [0.25, 0.3) is 16.8 Å². The van der Waals surface area contributed by atoms with E-state index < -0.39 is 0 Å². The number of carbonyl (C=O) groups is 2. The number of aromatic nitrogens is 4. The summed E-state index contributed by atoms with van der Waals surface area (Å²) in [5.74, 6) is 1.02. The topological polar surface area (TPSA) is 108 Å². The average Bonchev–Trinajstić information content (AvgIpc) is 3.56. The number of aryl methyl sites for hydroxylation is 2. The minimum Gasteiger partial charge on any atom is -0.328 e. The Hall–Kier alpha value is -4.04. The highest BCUT2D eigenvalue weighted by Crippen LogP contribution is 2.27. The maximum absolute atomic E-state index is 13.3. The minimum absolute atomic E-state index is 0.238. The van der Waals surface area contributed by atoms with Crippen LogP contribution in [0, 0.1) is 5.92 Å². The van der Waals surface area contributed by atoms with Gasteiger partial charge in [0.2, 0.25) is 5.95 Å². The predicted molar refractivity (Wildman–Crippen MR) is 153 cm³/mol. The molecule has 0 bridgehead atoms. The van der Waals surface area contributed by atoms with Crippen molar-refractivity contribution in [2.75, 3.05) is 5.32 Å². The number of rotatable bonds is 10. The lowest BCUT2D eigenvalue weighted by Crippen LogP contribution is -2.27. The summed E-state index contributed by atoms with van der Waals surface area (Å²) < 4.78 is 3.63. The summed E-state index contributed by atoms with van der Waals surface area (Å²) in [6, 6.07) is 17.6. The van der Waals surface area contributed by atoms with Gasteiger partial charge in [-0.2, -0.15) is 5.10 Å². The Morgan fingerprint density at radius 3 is 2.54 bits per heavy atom. The first kappa shape index (κ1) is 26.6. The average molecular weight is 525 g/mol. The molecule has 202 valence electrons. The number of nitrogens with two attached hydrogens (primary N) is 1. The molecule has 2 aromatic carbocycles. The molecule has 1 amide bonds. The number of hydrogen-bond donors (Lipinski definition) is 2. The second-order valence-electron chi connectivity index (χ2n) is 10.6. The molecular weight excluding hydrogens is 488 g/mol. The Bertz CT molecular complexity index is 1420. The zero-order chi connectivity index (χ0) is 27.2. The molecule has 39 heavy (non-hydrogen) atoms. The van der Waals surface area contributed by atoms with E-state index in [0.29, 0.717) is 48.5 Å². The van der Waals surface area contributed by atoms with Crippen molar-refractivity contribution in [1.82, 2.24) is 19.3 Å². The lowest BCUT2D eigenvalue weighted by molar-refractivity contribution is -0.120. The van der Waals surface area contributed by atoms with Gasteiger partial charge in [-0.25, -0.2) is 4.98 Å². The molecule has 0 aliphatic heterocycles. The fourth-order valence-corrected chi connectivity index (χ4v) is 5.29. The van der Waals surface area contributed by atoms with Gasteiger partial charge in [0.25, 0.3) is 5.91 Å². The molecule has 8 heteroatoms. The first-order valence-corrected chi connectivity index (χ1v) is 13.8. The first-order chi connectivity index (χ1) is 18.9. The van der Waals surface area contributed by atoms with Gasteiger partial charge in [0, 0.05) is 55.1 Å². The summed E-state index contributed by atoms with van der Waals surface area (Å²) in [4.78, 5) is 30.6. The SMILES string of the molecule is Cn1cc(-c2cccc(C(=O)Nc3nc(CCCC(=O)CC4CCC(N)CC4)cn3-c3ccccc3)c2)cn1. The second-order valence-corrected chi connectivity index (χ2v) is 10.6. The van der Waals surface area contributed by atoms with E-state index in [2.05, 4.69) is 10.4 Å². The molecule has 2 aromatic heterocycles. The molecule has 1 fully saturated rings. The van der Waals surface area contributed by atoms with E-state index >= 15 is 0 Å². The number of nitrogens with one attached hydrogen (secondary N) is 1. The number of Topliss-reactive ketones (excluding diaryl/α,β-unsaturated/α-hetero) is 1.